The van der Waals surface area contributed by atoms with Crippen LogP contribution in [0.2, 0.25) is 0 Å². The fourth-order valence-electron chi connectivity index (χ4n) is 2.88. The molecule has 2 saturated heterocycles. The Morgan fingerprint density at radius 1 is 1.15 bits per heavy atom. The van der Waals surface area contributed by atoms with E-state index in [1.807, 2.05) is 44.2 Å². The van der Waals surface area contributed by atoms with Crippen LogP contribution in [0.15, 0.2) is 30.3 Å². The van der Waals surface area contributed by atoms with Crippen molar-refractivity contribution in [2.75, 3.05) is 7.11 Å². The van der Waals surface area contributed by atoms with E-state index in [0.29, 0.717) is 0 Å². The third-order valence-electron chi connectivity index (χ3n) is 3.73. The standard InChI is InChI=1S/C15H20O5/c1-15(2)19-12-11(18-14(17-3)13(12)20-15)10(16)9-7-5-4-6-8-9/h4-8,10-14,16H,1-3H3/t10-,11+,12+,13+,14-/m0/s1. The maximum Gasteiger partial charge on any atom is 0.186 e. The lowest BCUT2D eigenvalue weighted by Crippen LogP contribution is -2.34. The minimum Gasteiger partial charge on any atom is -0.386 e. The summed E-state index contributed by atoms with van der Waals surface area (Å²) < 4.78 is 22.7. The second-order valence-corrected chi connectivity index (χ2v) is 5.63. The van der Waals surface area contributed by atoms with E-state index >= 15 is 0 Å². The van der Waals surface area contributed by atoms with Gasteiger partial charge in [-0.15, -0.1) is 0 Å². The minimum atomic E-state index is -0.777. The molecule has 0 unspecified atom stereocenters. The molecule has 0 saturated carbocycles. The topological polar surface area (TPSA) is 57.2 Å². The van der Waals surface area contributed by atoms with Gasteiger partial charge in [-0.05, 0) is 19.4 Å². The van der Waals surface area contributed by atoms with Crippen LogP contribution in [0.5, 0.6) is 0 Å². The summed E-state index contributed by atoms with van der Waals surface area (Å²) in [4.78, 5) is 0. The molecule has 0 amide bonds. The van der Waals surface area contributed by atoms with Gasteiger partial charge in [0.1, 0.15) is 24.4 Å². The van der Waals surface area contributed by atoms with Crippen LogP contribution < -0.4 is 0 Å². The zero-order valence-electron chi connectivity index (χ0n) is 11.9. The van der Waals surface area contributed by atoms with Crippen molar-refractivity contribution in [3.05, 3.63) is 35.9 Å². The average Bonchev–Trinajstić information content (AvgIpc) is 2.92. The van der Waals surface area contributed by atoms with E-state index in [2.05, 4.69) is 0 Å². The van der Waals surface area contributed by atoms with Crippen molar-refractivity contribution < 1.29 is 24.1 Å². The maximum atomic E-state index is 10.5. The Kier molecular flexibility index (Phi) is 3.56. The van der Waals surface area contributed by atoms with Crippen molar-refractivity contribution in [1.82, 2.24) is 0 Å². The molecule has 20 heavy (non-hydrogen) atoms. The Labute approximate surface area is 118 Å². The van der Waals surface area contributed by atoms with Gasteiger partial charge in [-0.2, -0.15) is 0 Å². The van der Waals surface area contributed by atoms with E-state index in [1.165, 1.54) is 0 Å². The average molecular weight is 280 g/mol. The molecule has 5 atom stereocenters. The second kappa shape index (κ2) is 5.09. The summed E-state index contributed by atoms with van der Waals surface area (Å²) in [5, 5.41) is 10.5. The highest BCUT2D eigenvalue weighted by Gasteiger charge is 2.57. The number of hydrogen-bond acceptors (Lipinski definition) is 5. The van der Waals surface area contributed by atoms with Crippen LogP contribution in [0, 0.1) is 0 Å². The Balaban J connectivity index is 1.83. The third kappa shape index (κ3) is 2.36. The molecular formula is C15H20O5. The highest BCUT2D eigenvalue weighted by atomic mass is 16.8. The molecular weight excluding hydrogens is 260 g/mol. The van der Waals surface area contributed by atoms with Crippen LogP contribution in [-0.2, 0) is 18.9 Å². The molecule has 0 spiro atoms. The molecule has 5 nitrogen and oxygen atoms in total. The Morgan fingerprint density at radius 2 is 1.80 bits per heavy atom. The van der Waals surface area contributed by atoms with Gasteiger partial charge in [0.05, 0.1) is 0 Å². The van der Waals surface area contributed by atoms with Gasteiger partial charge in [0, 0.05) is 7.11 Å². The number of hydrogen-bond donors (Lipinski definition) is 1. The van der Waals surface area contributed by atoms with Gasteiger partial charge in [0.2, 0.25) is 0 Å². The summed E-state index contributed by atoms with van der Waals surface area (Å²) in [6.45, 7) is 3.70. The van der Waals surface area contributed by atoms with Gasteiger partial charge in [0.25, 0.3) is 0 Å². The third-order valence-corrected chi connectivity index (χ3v) is 3.73. The van der Waals surface area contributed by atoms with Crippen molar-refractivity contribution in [3.63, 3.8) is 0 Å². The summed E-state index contributed by atoms with van der Waals surface area (Å²) in [6.07, 6.45) is -2.47. The van der Waals surface area contributed by atoms with Crippen LogP contribution in [0.25, 0.3) is 0 Å². The van der Waals surface area contributed by atoms with E-state index in [-0.39, 0.29) is 12.2 Å². The predicted octanol–water partition coefficient (Wildman–Crippen LogP) is 1.61. The number of ether oxygens (including phenoxy) is 4. The summed E-state index contributed by atoms with van der Waals surface area (Å²) in [5.41, 5.74) is 0.793. The zero-order chi connectivity index (χ0) is 14.3. The normalized spacial score (nSPS) is 36.8. The first-order valence-corrected chi connectivity index (χ1v) is 6.79. The molecule has 1 aromatic carbocycles. The van der Waals surface area contributed by atoms with Crippen LogP contribution >= 0.6 is 0 Å². The predicted molar refractivity (Wildman–Crippen MR) is 70.9 cm³/mol. The summed E-state index contributed by atoms with van der Waals surface area (Å²) in [6, 6.07) is 9.41. The fourth-order valence-corrected chi connectivity index (χ4v) is 2.88. The van der Waals surface area contributed by atoms with E-state index in [0.717, 1.165) is 5.56 Å². The quantitative estimate of drug-likeness (QED) is 0.911. The summed E-state index contributed by atoms with van der Waals surface area (Å²) in [7, 11) is 1.56. The van der Waals surface area contributed by atoms with Crippen molar-refractivity contribution in [2.45, 2.75) is 50.3 Å². The molecule has 110 valence electrons. The van der Waals surface area contributed by atoms with Crippen molar-refractivity contribution in [2.24, 2.45) is 0 Å². The monoisotopic (exact) mass is 280 g/mol. The highest BCUT2D eigenvalue weighted by Crippen LogP contribution is 2.42. The Morgan fingerprint density at radius 3 is 2.45 bits per heavy atom. The number of methoxy groups -OCH3 is 1. The Bertz CT molecular complexity index is 461. The van der Waals surface area contributed by atoms with Crippen LogP contribution in [0.3, 0.4) is 0 Å². The molecule has 1 N–H and O–H groups in total. The lowest BCUT2D eigenvalue weighted by Gasteiger charge is -2.26. The van der Waals surface area contributed by atoms with E-state index in [9.17, 15) is 5.11 Å². The lowest BCUT2D eigenvalue weighted by molar-refractivity contribution is -0.237. The summed E-state index contributed by atoms with van der Waals surface area (Å²) >= 11 is 0. The van der Waals surface area contributed by atoms with Crippen LogP contribution in [0.1, 0.15) is 25.5 Å². The molecule has 2 aliphatic heterocycles. The van der Waals surface area contributed by atoms with Crippen LogP contribution in [0.4, 0.5) is 0 Å². The van der Waals surface area contributed by atoms with Crippen molar-refractivity contribution in [3.8, 4) is 0 Å². The number of aliphatic hydroxyl groups excluding tert-OH is 1. The first-order valence-electron chi connectivity index (χ1n) is 6.79. The van der Waals surface area contributed by atoms with Crippen molar-refractivity contribution in [1.29, 1.82) is 0 Å². The molecule has 0 aliphatic carbocycles. The fraction of sp³-hybridized carbons (Fsp3) is 0.600. The molecule has 2 fully saturated rings. The van der Waals surface area contributed by atoms with Gasteiger partial charge in [-0.25, -0.2) is 0 Å². The number of rotatable bonds is 3. The highest BCUT2D eigenvalue weighted by molar-refractivity contribution is 5.20. The van der Waals surface area contributed by atoms with Gasteiger partial charge in [-0.1, -0.05) is 30.3 Å². The number of aliphatic hydroxyl groups is 1. The molecule has 1 aromatic rings. The number of fused-ring (bicyclic) bond motifs is 1. The number of benzene rings is 1. The van der Waals surface area contributed by atoms with Crippen molar-refractivity contribution >= 4 is 0 Å². The van der Waals surface area contributed by atoms with Crippen LogP contribution in [-0.4, -0.2) is 42.6 Å². The molecule has 5 heteroatoms. The first kappa shape index (κ1) is 14.0. The van der Waals surface area contributed by atoms with E-state index < -0.39 is 24.3 Å². The van der Waals surface area contributed by atoms with E-state index in [1.54, 1.807) is 7.11 Å². The van der Waals surface area contributed by atoms with Gasteiger partial charge < -0.3 is 24.1 Å². The van der Waals surface area contributed by atoms with E-state index in [4.69, 9.17) is 18.9 Å². The lowest BCUT2D eigenvalue weighted by atomic mass is 9.99. The Hall–Kier alpha value is -0.980. The van der Waals surface area contributed by atoms with Gasteiger partial charge in [0.15, 0.2) is 12.1 Å². The summed E-state index contributed by atoms with van der Waals surface area (Å²) in [5.74, 6) is -0.690. The SMILES string of the molecule is CO[C@H]1O[C@H]([C@@H](O)c2ccccc2)[C@H]2OC(C)(C)O[C@@H]12. The second-order valence-electron chi connectivity index (χ2n) is 5.63. The molecule has 0 radical (unpaired) electrons. The molecule has 2 aliphatic rings. The molecule has 3 rings (SSSR count). The minimum absolute atomic E-state index is 0.321. The first-order chi connectivity index (χ1) is 9.52. The maximum absolute atomic E-state index is 10.5. The smallest absolute Gasteiger partial charge is 0.186 e. The zero-order valence-corrected chi connectivity index (χ0v) is 11.9. The molecule has 0 aromatic heterocycles. The molecule has 2 heterocycles. The van der Waals surface area contributed by atoms with Gasteiger partial charge in [-0.3, -0.25) is 0 Å². The van der Waals surface area contributed by atoms with Gasteiger partial charge >= 0.3 is 0 Å². The molecule has 0 bridgehead atoms. The largest absolute Gasteiger partial charge is 0.386 e.